The topological polar surface area (TPSA) is 84.2 Å². The Morgan fingerprint density at radius 2 is 1.75 bits per heavy atom. The van der Waals surface area contributed by atoms with Gasteiger partial charge >= 0.3 is 0 Å². The molecule has 1 aliphatic rings. The lowest BCUT2D eigenvalue weighted by Gasteiger charge is -2.34. The zero-order valence-electron chi connectivity index (χ0n) is 15.0. The third kappa shape index (κ3) is 3.99. The molecule has 8 nitrogen and oxygen atoms in total. The van der Waals surface area contributed by atoms with Gasteiger partial charge in [0.15, 0.2) is 0 Å². The smallest absolute Gasteiger partial charge is 0.253 e. The van der Waals surface area contributed by atoms with E-state index in [-0.39, 0.29) is 11.8 Å². The second kappa shape index (κ2) is 8.13. The molecular formula is C19H18N6O2S. The van der Waals surface area contributed by atoms with Crippen molar-refractivity contribution in [3.8, 4) is 5.69 Å². The molecule has 0 atom stereocenters. The highest BCUT2D eigenvalue weighted by Crippen LogP contribution is 2.14. The Bertz CT molecular complexity index is 959. The van der Waals surface area contributed by atoms with Crippen LogP contribution in [0.4, 0.5) is 0 Å². The Morgan fingerprint density at radius 3 is 2.39 bits per heavy atom. The van der Waals surface area contributed by atoms with Crippen LogP contribution < -0.4 is 0 Å². The van der Waals surface area contributed by atoms with Crippen molar-refractivity contribution in [2.45, 2.75) is 0 Å². The summed E-state index contributed by atoms with van der Waals surface area (Å²) in [6.07, 6.45) is 4.93. The number of nitrogens with zero attached hydrogens (tertiary/aromatic N) is 6. The second-order valence-corrected chi connectivity index (χ2v) is 7.25. The lowest BCUT2D eigenvalue weighted by molar-refractivity contribution is -0.127. The van der Waals surface area contributed by atoms with Crippen LogP contribution in [0.25, 0.3) is 11.8 Å². The fraction of sp³-hybridized carbons (Fsp3) is 0.211. The zero-order valence-corrected chi connectivity index (χ0v) is 15.8. The van der Waals surface area contributed by atoms with Gasteiger partial charge in [-0.25, -0.2) is 4.68 Å². The van der Waals surface area contributed by atoms with E-state index >= 15 is 0 Å². The summed E-state index contributed by atoms with van der Waals surface area (Å²) in [6, 6.07) is 11.1. The van der Waals surface area contributed by atoms with E-state index in [2.05, 4.69) is 15.5 Å². The highest BCUT2D eigenvalue weighted by atomic mass is 32.1. The van der Waals surface area contributed by atoms with Crippen molar-refractivity contribution in [3.05, 3.63) is 64.6 Å². The number of hydrogen-bond acceptors (Lipinski definition) is 6. The monoisotopic (exact) mass is 394 g/mol. The molecule has 3 aromatic rings. The Kier molecular flexibility index (Phi) is 5.24. The Hall–Kier alpha value is -3.33. The maximum absolute atomic E-state index is 12.7. The SMILES string of the molecule is O=C(/C=C/c1cccs1)N1CCN(C(=O)c2ccc(-n3cnnn3)cc2)CC1. The number of carbonyl (C=O) groups is 2. The fourth-order valence-corrected chi connectivity index (χ4v) is 3.61. The van der Waals surface area contributed by atoms with E-state index in [0.717, 1.165) is 10.6 Å². The Morgan fingerprint density at radius 1 is 1.00 bits per heavy atom. The Balaban J connectivity index is 1.33. The summed E-state index contributed by atoms with van der Waals surface area (Å²) in [4.78, 5) is 29.6. The molecule has 2 aromatic heterocycles. The van der Waals surface area contributed by atoms with Crippen LogP contribution in [0.5, 0.6) is 0 Å². The molecule has 1 saturated heterocycles. The predicted octanol–water partition coefficient (Wildman–Crippen LogP) is 1.72. The van der Waals surface area contributed by atoms with Crippen molar-refractivity contribution in [3.63, 3.8) is 0 Å². The van der Waals surface area contributed by atoms with Gasteiger partial charge in [-0.3, -0.25) is 9.59 Å². The van der Waals surface area contributed by atoms with E-state index in [9.17, 15) is 9.59 Å². The zero-order chi connectivity index (χ0) is 19.3. The van der Waals surface area contributed by atoms with Gasteiger partial charge in [0, 0.05) is 42.7 Å². The van der Waals surface area contributed by atoms with Crippen LogP contribution in [-0.4, -0.2) is 68.0 Å². The molecule has 1 aromatic carbocycles. The van der Waals surface area contributed by atoms with Gasteiger partial charge in [-0.15, -0.1) is 16.4 Å². The van der Waals surface area contributed by atoms with Crippen LogP contribution >= 0.6 is 11.3 Å². The summed E-state index contributed by atoms with van der Waals surface area (Å²) in [6.45, 7) is 2.10. The molecule has 3 heterocycles. The van der Waals surface area contributed by atoms with Crippen LogP contribution in [0.15, 0.2) is 54.2 Å². The summed E-state index contributed by atoms with van der Waals surface area (Å²) in [5.74, 6) is -0.0595. The largest absolute Gasteiger partial charge is 0.336 e. The van der Waals surface area contributed by atoms with E-state index in [4.69, 9.17) is 0 Å². The first-order valence-corrected chi connectivity index (χ1v) is 9.72. The molecule has 4 rings (SSSR count). The molecule has 1 aliphatic heterocycles. The van der Waals surface area contributed by atoms with Gasteiger partial charge in [0.1, 0.15) is 6.33 Å². The number of benzene rings is 1. The quantitative estimate of drug-likeness (QED) is 0.629. The van der Waals surface area contributed by atoms with Crippen molar-refractivity contribution in [1.29, 1.82) is 0 Å². The number of carbonyl (C=O) groups excluding carboxylic acids is 2. The van der Waals surface area contributed by atoms with Crippen molar-refractivity contribution >= 4 is 29.2 Å². The van der Waals surface area contributed by atoms with Crippen LogP contribution in [0.3, 0.4) is 0 Å². The minimum atomic E-state index is -0.0375. The van der Waals surface area contributed by atoms with E-state index < -0.39 is 0 Å². The van der Waals surface area contributed by atoms with Crippen LogP contribution in [0, 0.1) is 0 Å². The van der Waals surface area contributed by atoms with Gasteiger partial charge in [0.2, 0.25) is 5.91 Å². The van der Waals surface area contributed by atoms with Crippen molar-refractivity contribution in [2.24, 2.45) is 0 Å². The van der Waals surface area contributed by atoms with E-state index in [0.29, 0.717) is 31.7 Å². The molecule has 9 heteroatoms. The average Bonchev–Trinajstić information content (AvgIpc) is 3.46. The number of aromatic nitrogens is 4. The van der Waals surface area contributed by atoms with Crippen LogP contribution in [0.1, 0.15) is 15.2 Å². The first-order valence-electron chi connectivity index (χ1n) is 8.84. The molecule has 0 N–H and O–H groups in total. The fourth-order valence-electron chi connectivity index (χ4n) is 2.99. The normalized spacial score (nSPS) is 14.6. The van der Waals surface area contributed by atoms with Gasteiger partial charge in [0.05, 0.1) is 5.69 Å². The lowest BCUT2D eigenvalue weighted by atomic mass is 10.1. The molecule has 2 amide bonds. The minimum absolute atomic E-state index is 0.0220. The maximum Gasteiger partial charge on any atom is 0.253 e. The highest BCUT2D eigenvalue weighted by Gasteiger charge is 2.24. The standard InChI is InChI=1S/C19H18N6O2S/c26-18(8-7-17-2-1-13-28-17)23-9-11-24(12-10-23)19(27)15-3-5-16(6-4-15)25-14-20-21-22-25/h1-8,13-14H,9-12H2/b8-7+. The third-order valence-electron chi connectivity index (χ3n) is 4.54. The summed E-state index contributed by atoms with van der Waals surface area (Å²) in [5, 5.41) is 13.0. The molecule has 28 heavy (non-hydrogen) atoms. The Labute approximate surface area is 165 Å². The summed E-state index contributed by atoms with van der Waals surface area (Å²) in [7, 11) is 0. The van der Waals surface area contributed by atoms with Gasteiger partial charge < -0.3 is 9.80 Å². The predicted molar refractivity (Wildman–Crippen MR) is 105 cm³/mol. The minimum Gasteiger partial charge on any atom is -0.336 e. The van der Waals surface area contributed by atoms with Crippen LogP contribution in [-0.2, 0) is 4.79 Å². The maximum atomic E-state index is 12.7. The number of tetrazole rings is 1. The molecule has 0 aliphatic carbocycles. The van der Waals surface area contributed by atoms with E-state index in [1.165, 1.54) is 11.0 Å². The number of rotatable bonds is 4. The number of amides is 2. The summed E-state index contributed by atoms with van der Waals surface area (Å²) >= 11 is 1.59. The van der Waals surface area contributed by atoms with Gasteiger partial charge in [-0.2, -0.15) is 0 Å². The van der Waals surface area contributed by atoms with Crippen molar-refractivity contribution in [2.75, 3.05) is 26.2 Å². The molecule has 0 radical (unpaired) electrons. The van der Waals surface area contributed by atoms with Gasteiger partial charge in [0.25, 0.3) is 5.91 Å². The summed E-state index contributed by atoms with van der Waals surface area (Å²) < 4.78 is 1.53. The molecule has 0 bridgehead atoms. The summed E-state index contributed by atoms with van der Waals surface area (Å²) in [5.41, 5.74) is 1.39. The van der Waals surface area contributed by atoms with E-state index in [1.807, 2.05) is 23.6 Å². The van der Waals surface area contributed by atoms with Crippen LogP contribution in [0.2, 0.25) is 0 Å². The second-order valence-electron chi connectivity index (χ2n) is 6.27. The lowest BCUT2D eigenvalue weighted by Crippen LogP contribution is -2.50. The molecule has 142 valence electrons. The van der Waals surface area contributed by atoms with Crippen molar-refractivity contribution < 1.29 is 9.59 Å². The molecule has 0 saturated carbocycles. The average molecular weight is 394 g/mol. The van der Waals surface area contributed by atoms with Gasteiger partial charge in [-0.05, 0) is 52.2 Å². The first-order chi connectivity index (χ1) is 13.7. The third-order valence-corrected chi connectivity index (χ3v) is 5.38. The molecule has 0 spiro atoms. The van der Waals surface area contributed by atoms with Crippen molar-refractivity contribution in [1.82, 2.24) is 30.0 Å². The van der Waals surface area contributed by atoms with E-state index in [1.54, 1.807) is 51.5 Å². The number of thiophene rings is 1. The molecule has 1 fully saturated rings. The molecular weight excluding hydrogens is 376 g/mol. The highest BCUT2D eigenvalue weighted by molar-refractivity contribution is 7.10. The first kappa shape index (κ1) is 18.1. The number of piperazine rings is 1. The number of hydrogen-bond donors (Lipinski definition) is 0. The molecule has 0 unspecified atom stereocenters. The van der Waals surface area contributed by atoms with Gasteiger partial charge in [-0.1, -0.05) is 6.07 Å².